The van der Waals surface area contributed by atoms with Crippen LogP contribution in [0.1, 0.15) is 46.2 Å². The summed E-state index contributed by atoms with van der Waals surface area (Å²) in [6.45, 7) is 9.86. The van der Waals surface area contributed by atoms with Crippen molar-refractivity contribution in [3.05, 3.63) is 35.9 Å². The lowest BCUT2D eigenvalue weighted by Gasteiger charge is -2.35. The molecule has 0 bridgehead atoms. The van der Waals surface area contributed by atoms with Gasteiger partial charge in [-0.2, -0.15) is 0 Å². The van der Waals surface area contributed by atoms with Crippen LogP contribution in [0.5, 0.6) is 0 Å². The topological polar surface area (TPSA) is 38.8 Å². The van der Waals surface area contributed by atoms with Gasteiger partial charge >= 0.3 is 6.09 Å². The summed E-state index contributed by atoms with van der Waals surface area (Å²) in [6.07, 6.45) is -0.339. The Bertz CT molecular complexity index is 476. The second-order valence-corrected chi connectivity index (χ2v) is 6.53. The van der Waals surface area contributed by atoms with Gasteiger partial charge in [-0.25, -0.2) is 4.79 Å². The molecule has 0 saturated carbocycles. The molecule has 0 aromatic heterocycles. The number of rotatable bonds is 1. The molecule has 1 unspecified atom stereocenters. The molecule has 20 heavy (non-hydrogen) atoms. The van der Waals surface area contributed by atoms with Crippen molar-refractivity contribution in [3.8, 4) is 0 Å². The molecule has 0 radical (unpaired) electrons. The fourth-order valence-corrected chi connectivity index (χ4v) is 2.38. The molecule has 1 aromatic rings. The molecule has 4 nitrogen and oxygen atoms in total. The fourth-order valence-electron chi connectivity index (χ4n) is 2.38. The third-order valence-corrected chi connectivity index (χ3v) is 3.26. The number of carbonyl (C=O) groups is 1. The fraction of sp³-hybridized carbons (Fsp3) is 0.562. The van der Waals surface area contributed by atoms with E-state index < -0.39 is 11.3 Å². The Labute approximate surface area is 120 Å². The lowest BCUT2D eigenvalue weighted by molar-refractivity contribution is -0.0626. The van der Waals surface area contributed by atoms with E-state index in [1.54, 1.807) is 4.90 Å². The second kappa shape index (κ2) is 5.09. The molecule has 2 rings (SSSR count). The van der Waals surface area contributed by atoms with E-state index in [-0.39, 0.29) is 12.1 Å². The third-order valence-electron chi connectivity index (χ3n) is 3.26. The van der Waals surface area contributed by atoms with E-state index in [4.69, 9.17) is 9.47 Å². The van der Waals surface area contributed by atoms with Gasteiger partial charge in [0, 0.05) is 0 Å². The number of carbonyl (C=O) groups excluding carboxylic acids is 1. The Kier molecular flexibility index (Phi) is 3.78. The van der Waals surface area contributed by atoms with Crippen LogP contribution in [-0.4, -0.2) is 28.9 Å². The number of ether oxygens (including phenoxy) is 2. The van der Waals surface area contributed by atoms with Crippen LogP contribution < -0.4 is 0 Å². The van der Waals surface area contributed by atoms with Gasteiger partial charge in [-0.15, -0.1) is 0 Å². The summed E-state index contributed by atoms with van der Waals surface area (Å²) in [5.41, 5.74) is -0.122. The van der Waals surface area contributed by atoms with Crippen LogP contribution in [0.3, 0.4) is 0 Å². The highest BCUT2D eigenvalue weighted by molar-refractivity contribution is 5.70. The summed E-state index contributed by atoms with van der Waals surface area (Å²) in [4.78, 5) is 14.2. The molecule has 110 valence electrons. The molecule has 1 atom stereocenters. The average Bonchev–Trinajstić information content (AvgIpc) is 2.64. The van der Waals surface area contributed by atoms with Crippen molar-refractivity contribution in [2.45, 2.75) is 52.0 Å². The number of hydrogen-bond donors (Lipinski definition) is 0. The van der Waals surface area contributed by atoms with Crippen LogP contribution >= 0.6 is 0 Å². The first-order valence-electron chi connectivity index (χ1n) is 6.92. The molecule has 0 N–H and O–H groups in total. The maximum absolute atomic E-state index is 12.5. The highest BCUT2D eigenvalue weighted by atomic mass is 16.6. The van der Waals surface area contributed by atoms with E-state index >= 15 is 0 Å². The maximum Gasteiger partial charge on any atom is 0.413 e. The van der Waals surface area contributed by atoms with E-state index in [2.05, 4.69) is 0 Å². The Morgan fingerprint density at radius 1 is 1.30 bits per heavy atom. The van der Waals surface area contributed by atoms with Crippen LogP contribution in [0.25, 0.3) is 0 Å². The smallest absolute Gasteiger partial charge is 0.413 e. The molecule has 0 aliphatic carbocycles. The van der Waals surface area contributed by atoms with Crippen molar-refractivity contribution < 1.29 is 14.3 Å². The standard InChI is InChI=1S/C16H23NO3/c1-15(2,3)20-14(18)17-13(11-19-16(17,4)5)12-9-7-6-8-10-12/h6-10,13H,11H2,1-5H3. The monoisotopic (exact) mass is 277 g/mol. The first-order valence-corrected chi connectivity index (χ1v) is 6.92. The summed E-state index contributed by atoms with van der Waals surface area (Å²) in [6, 6.07) is 9.80. The zero-order chi connectivity index (χ0) is 15.0. The second-order valence-electron chi connectivity index (χ2n) is 6.53. The Hall–Kier alpha value is -1.55. The van der Waals surface area contributed by atoms with Gasteiger partial charge in [0.15, 0.2) is 0 Å². The van der Waals surface area contributed by atoms with Gasteiger partial charge < -0.3 is 9.47 Å². The molecule has 1 amide bonds. The molecule has 1 aromatic carbocycles. The van der Waals surface area contributed by atoms with Crippen LogP contribution in [0.15, 0.2) is 30.3 Å². The van der Waals surface area contributed by atoms with Crippen LogP contribution in [0, 0.1) is 0 Å². The van der Waals surface area contributed by atoms with Crippen LogP contribution in [0.2, 0.25) is 0 Å². The minimum Gasteiger partial charge on any atom is -0.444 e. The van der Waals surface area contributed by atoms with Crippen molar-refractivity contribution in [2.75, 3.05) is 6.61 Å². The molecule has 0 spiro atoms. The normalized spacial score (nSPS) is 21.9. The molecule has 1 saturated heterocycles. The largest absolute Gasteiger partial charge is 0.444 e. The molecular formula is C16H23NO3. The van der Waals surface area contributed by atoms with Crippen molar-refractivity contribution in [2.24, 2.45) is 0 Å². The number of benzene rings is 1. The molecule has 1 aliphatic heterocycles. The van der Waals surface area contributed by atoms with Crippen molar-refractivity contribution in [1.82, 2.24) is 4.90 Å². The predicted octanol–water partition coefficient (Wildman–Crippen LogP) is 3.73. The van der Waals surface area contributed by atoms with E-state index in [1.165, 1.54) is 0 Å². The molecule has 1 fully saturated rings. The van der Waals surface area contributed by atoms with Gasteiger partial charge in [0.2, 0.25) is 0 Å². The lowest BCUT2D eigenvalue weighted by Crippen LogP contribution is -2.47. The molecular weight excluding hydrogens is 254 g/mol. The summed E-state index contributed by atoms with van der Waals surface area (Å²) in [5, 5.41) is 0. The average molecular weight is 277 g/mol. The first-order chi connectivity index (χ1) is 9.21. The van der Waals surface area contributed by atoms with E-state index in [0.717, 1.165) is 5.56 Å². The van der Waals surface area contributed by atoms with Gasteiger partial charge in [0.1, 0.15) is 11.3 Å². The highest BCUT2D eigenvalue weighted by Gasteiger charge is 2.46. The Balaban J connectivity index is 2.27. The zero-order valence-corrected chi connectivity index (χ0v) is 12.8. The maximum atomic E-state index is 12.5. The van der Waals surface area contributed by atoms with Crippen LogP contribution in [-0.2, 0) is 9.47 Å². The number of hydrogen-bond acceptors (Lipinski definition) is 3. The SMILES string of the molecule is CC(C)(C)OC(=O)N1C(c2ccccc2)COC1(C)C. The quantitative estimate of drug-likeness (QED) is 0.785. The lowest BCUT2D eigenvalue weighted by atomic mass is 10.1. The zero-order valence-electron chi connectivity index (χ0n) is 12.8. The van der Waals surface area contributed by atoms with Crippen molar-refractivity contribution >= 4 is 6.09 Å². The van der Waals surface area contributed by atoms with Crippen LogP contribution in [0.4, 0.5) is 4.79 Å². The predicted molar refractivity (Wildman–Crippen MR) is 77.3 cm³/mol. The first kappa shape index (κ1) is 14.9. The molecule has 1 aliphatic rings. The third kappa shape index (κ3) is 3.12. The summed E-state index contributed by atoms with van der Waals surface area (Å²) < 4.78 is 11.3. The summed E-state index contributed by atoms with van der Waals surface area (Å²) in [5.74, 6) is 0. The Morgan fingerprint density at radius 2 is 1.90 bits per heavy atom. The minimum absolute atomic E-state index is 0.110. The van der Waals surface area contributed by atoms with Gasteiger partial charge in [0.05, 0.1) is 12.6 Å². The van der Waals surface area contributed by atoms with Gasteiger partial charge in [-0.1, -0.05) is 30.3 Å². The van der Waals surface area contributed by atoms with Gasteiger partial charge in [-0.3, -0.25) is 4.90 Å². The van der Waals surface area contributed by atoms with Gasteiger partial charge in [0.25, 0.3) is 0 Å². The summed E-state index contributed by atoms with van der Waals surface area (Å²) in [7, 11) is 0. The van der Waals surface area contributed by atoms with Crippen molar-refractivity contribution in [3.63, 3.8) is 0 Å². The Morgan fingerprint density at radius 3 is 2.45 bits per heavy atom. The highest BCUT2D eigenvalue weighted by Crippen LogP contribution is 2.37. The molecule has 4 heteroatoms. The van der Waals surface area contributed by atoms with E-state index in [9.17, 15) is 4.79 Å². The van der Waals surface area contributed by atoms with Gasteiger partial charge in [-0.05, 0) is 40.2 Å². The number of nitrogens with zero attached hydrogens (tertiary/aromatic N) is 1. The van der Waals surface area contributed by atoms with E-state index in [1.807, 2.05) is 65.0 Å². The number of amides is 1. The van der Waals surface area contributed by atoms with E-state index in [0.29, 0.717) is 6.61 Å². The molecule has 1 heterocycles. The minimum atomic E-state index is -0.664. The summed E-state index contributed by atoms with van der Waals surface area (Å²) >= 11 is 0. The van der Waals surface area contributed by atoms with Crippen molar-refractivity contribution in [1.29, 1.82) is 0 Å².